The molecule has 0 aliphatic carbocycles. The van der Waals surface area contributed by atoms with Gasteiger partial charge in [-0.1, -0.05) is 6.07 Å². The van der Waals surface area contributed by atoms with E-state index in [0.717, 1.165) is 12.1 Å². The van der Waals surface area contributed by atoms with Crippen LogP contribution < -0.4 is 0 Å². The highest BCUT2D eigenvalue weighted by Crippen LogP contribution is 2.30. The Morgan fingerprint density at radius 3 is 2.86 bits per heavy atom. The van der Waals surface area contributed by atoms with Crippen molar-refractivity contribution in [2.45, 2.75) is 6.10 Å². The highest BCUT2D eigenvalue weighted by atomic mass is 19.1. The van der Waals surface area contributed by atoms with Gasteiger partial charge in [-0.15, -0.1) is 0 Å². The van der Waals surface area contributed by atoms with Crippen molar-refractivity contribution in [3.05, 3.63) is 35.1 Å². The number of hydrogen-bond acceptors (Lipinski definition) is 3. The Morgan fingerprint density at radius 2 is 2.21 bits per heavy atom. The fraction of sp³-hybridized carbons (Fsp3) is 0.111. The number of benzene rings is 1. The SMILES string of the molecule is O=C1OC(C(=O)O)c2ccc(F)cc21. The lowest BCUT2D eigenvalue weighted by molar-refractivity contribution is -0.146. The summed E-state index contributed by atoms with van der Waals surface area (Å²) in [5.74, 6) is -2.65. The normalized spacial score (nSPS) is 18.9. The van der Waals surface area contributed by atoms with Gasteiger partial charge in [-0.25, -0.2) is 14.0 Å². The fourth-order valence-corrected chi connectivity index (χ4v) is 1.35. The van der Waals surface area contributed by atoms with Gasteiger partial charge >= 0.3 is 11.9 Å². The number of carboxylic acids is 1. The maximum Gasteiger partial charge on any atom is 0.349 e. The first-order chi connectivity index (χ1) is 6.59. The summed E-state index contributed by atoms with van der Waals surface area (Å²) in [4.78, 5) is 21.7. The monoisotopic (exact) mass is 196 g/mol. The van der Waals surface area contributed by atoms with Crippen molar-refractivity contribution in [1.29, 1.82) is 0 Å². The Morgan fingerprint density at radius 1 is 1.50 bits per heavy atom. The van der Waals surface area contributed by atoms with Crippen LogP contribution >= 0.6 is 0 Å². The molecule has 2 rings (SSSR count). The Hall–Kier alpha value is -1.91. The van der Waals surface area contributed by atoms with Gasteiger partial charge < -0.3 is 9.84 Å². The lowest BCUT2D eigenvalue weighted by atomic mass is 10.1. The van der Waals surface area contributed by atoms with E-state index in [1.54, 1.807) is 0 Å². The quantitative estimate of drug-likeness (QED) is 0.683. The van der Waals surface area contributed by atoms with Gasteiger partial charge in [0.1, 0.15) is 5.82 Å². The van der Waals surface area contributed by atoms with Crippen LogP contribution in [0, 0.1) is 5.82 Å². The molecule has 0 fully saturated rings. The maximum atomic E-state index is 12.7. The zero-order valence-corrected chi connectivity index (χ0v) is 6.86. The second-order valence-electron chi connectivity index (χ2n) is 2.86. The van der Waals surface area contributed by atoms with Gasteiger partial charge in [0.2, 0.25) is 6.10 Å². The first kappa shape index (κ1) is 8.68. The smallest absolute Gasteiger partial charge is 0.349 e. The molecular formula is C9H5FO4. The molecule has 0 spiro atoms. The van der Waals surface area contributed by atoms with Crippen LogP contribution in [0.1, 0.15) is 22.0 Å². The minimum Gasteiger partial charge on any atom is -0.478 e. The average Bonchev–Trinajstić information content (AvgIpc) is 2.44. The minimum absolute atomic E-state index is 0.0163. The molecule has 1 aromatic carbocycles. The molecule has 0 aromatic heterocycles. The number of rotatable bonds is 1. The summed E-state index contributed by atoms with van der Waals surface area (Å²) in [7, 11) is 0. The highest BCUT2D eigenvalue weighted by Gasteiger charge is 2.36. The first-order valence-electron chi connectivity index (χ1n) is 3.83. The standard InChI is InChI=1S/C9H5FO4/c10-4-1-2-5-6(3-4)9(13)14-7(5)8(11)12/h1-3,7H,(H,11,12). The van der Waals surface area contributed by atoms with Gasteiger partial charge in [-0.05, 0) is 12.1 Å². The van der Waals surface area contributed by atoms with Crippen molar-refractivity contribution in [2.24, 2.45) is 0 Å². The third-order valence-electron chi connectivity index (χ3n) is 1.97. The van der Waals surface area contributed by atoms with Crippen molar-refractivity contribution in [3.63, 3.8) is 0 Å². The summed E-state index contributed by atoms with van der Waals surface area (Å²) in [5.41, 5.74) is 0.182. The molecule has 0 radical (unpaired) electrons. The molecule has 72 valence electrons. The molecule has 4 nitrogen and oxygen atoms in total. The summed E-state index contributed by atoms with van der Waals surface area (Å²) in [6, 6.07) is 3.31. The van der Waals surface area contributed by atoms with Crippen LogP contribution in [0.25, 0.3) is 0 Å². The molecule has 1 aliphatic rings. The predicted octanol–water partition coefficient (Wildman–Crippen LogP) is 1.12. The number of esters is 1. The number of halogens is 1. The van der Waals surface area contributed by atoms with E-state index in [1.165, 1.54) is 6.07 Å². The second-order valence-corrected chi connectivity index (χ2v) is 2.86. The number of carbonyl (C=O) groups is 2. The molecule has 1 aliphatic heterocycles. The van der Waals surface area contributed by atoms with E-state index in [0.29, 0.717) is 0 Å². The number of hydrogen-bond donors (Lipinski definition) is 1. The van der Waals surface area contributed by atoms with Crippen molar-refractivity contribution in [2.75, 3.05) is 0 Å². The summed E-state index contributed by atoms with van der Waals surface area (Å²) >= 11 is 0. The van der Waals surface area contributed by atoms with E-state index >= 15 is 0 Å². The highest BCUT2D eigenvalue weighted by molar-refractivity contribution is 5.98. The van der Waals surface area contributed by atoms with E-state index in [-0.39, 0.29) is 11.1 Å². The van der Waals surface area contributed by atoms with Crippen LogP contribution in [0.15, 0.2) is 18.2 Å². The number of aliphatic carboxylic acids is 1. The predicted molar refractivity (Wildman–Crippen MR) is 42.2 cm³/mol. The van der Waals surface area contributed by atoms with Gasteiger partial charge in [0, 0.05) is 5.56 Å². The van der Waals surface area contributed by atoms with Gasteiger partial charge in [0.05, 0.1) is 5.56 Å². The molecule has 5 heteroatoms. The van der Waals surface area contributed by atoms with Crippen LogP contribution in [-0.2, 0) is 9.53 Å². The summed E-state index contributed by atoms with van der Waals surface area (Å²) in [5, 5.41) is 8.68. The zero-order chi connectivity index (χ0) is 10.3. The van der Waals surface area contributed by atoms with Crippen LogP contribution in [0.2, 0.25) is 0 Å². The van der Waals surface area contributed by atoms with Gasteiger partial charge in [-0.2, -0.15) is 0 Å². The maximum absolute atomic E-state index is 12.7. The molecule has 1 N–H and O–H groups in total. The fourth-order valence-electron chi connectivity index (χ4n) is 1.35. The van der Waals surface area contributed by atoms with Crippen LogP contribution in [0.5, 0.6) is 0 Å². The zero-order valence-electron chi connectivity index (χ0n) is 6.86. The summed E-state index contributed by atoms with van der Waals surface area (Å²) in [6.45, 7) is 0. The Balaban J connectivity index is 2.55. The lowest BCUT2D eigenvalue weighted by Crippen LogP contribution is -2.10. The van der Waals surface area contributed by atoms with E-state index < -0.39 is 23.9 Å². The van der Waals surface area contributed by atoms with E-state index in [1.807, 2.05) is 0 Å². The molecule has 1 unspecified atom stereocenters. The first-order valence-corrected chi connectivity index (χ1v) is 3.83. The Kier molecular flexibility index (Phi) is 1.73. The number of cyclic esters (lactones) is 1. The second kappa shape index (κ2) is 2.80. The van der Waals surface area contributed by atoms with Crippen LogP contribution in [-0.4, -0.2) is 17.0 Å². The number of fused-ring (bicyclic) bond motifs is 1. The van der Waals surface area contributed by atoms with E-state index in [2.05, 4.69) is 4.74 Å². The third-order valence-corrected chi connectivity index (χ3v) is 1.97. The van der Waals surface area contributed by atoms with Gasteiger partial charge in [0.25, 0.3) is 0 Å². The molecule has 1 aromatic rings. The minimum atomic E-state index is -1.31. The molecule has 1 atom stereocenters. The molecule has 0 saturated carbocycles. The van der Waals surface area contributed by atoms with E-state index in [4.69, 9.17) is 5.11 Å². The molecule has 0 amide bonds. The van der Waals surface area contributed by atoms with Crippen molar-refractivity contribution in [1.82, 2.24) is 0 Å². The molecule has 0 saturated heterocycles. The van der Waals surface area contributed by atoms with Gasteiger partial charge in [0.15, 0.2) is 0 Å². The summed E-state index contributed by atoms with van der Waals surface area (Å²) < 4.78 is 17.3. The van der Waals surface area contributed by atoms with Crippen LogP contribution in [0.3, 0.4) is 0 Å². The lowest BCUT2D eigenvalue weighted by Gasteiger charge is -2.02. The molecule has 1 heterocycles. The van der Waals surface area contributed by atoms with Crippen LogP contribution in [0.4, 0.5) is 4.39 Å². The topological polar surface area (TPSA) is 63.6 Å². The third kappa shape index (κ3) is 1.14. The van der Waals surface area contributed by atoms with Crippen molar-refractivity contribution >= 4 is 11.9 Å². The molecule has 0 bridgehead atoms. The van der Waals surface area contributed by atoms with E-state index in [9.17, 15) is 14.0 Å². The largest absolute Gasteiger partial charge is 0.478 e. The Bertz CT molecular complexity index is 427. The average molecular weight is 196 g/mol. The number of carboxylic acid groups (broad SMARTS) is 1. The number of ether oxygens (including phenoxy) is 1. The van der Waals surface area contributed by atoms with Crippen molar-refractivity contribution < 1.29 is 23.8 Å². The van der Waals surface area contributed by atoms with Gasteiger partial charge in [-0.3, -0.25) is 0 Å². The summed E-state index contributed by atoms with van der Waals surface area (Å²) in [6.07, 6.45) is -1.31. The Labute approximate surface area is 77.9 Å². The number of carbonyl (C=O) groups excluding carboxylic acids is 1. The van der Waals surface area contributed by atoms with Crippen molar-refractivity contribution in [3.8, 4) is 0 Å². The molecule has 14 heavy (non-hydrogen) atoms. The molecular weight excluding hydrogens is 191 g/mol.